The third-order valence-corrected chi connectivity index (χ3v) is 3.87. The van der Waals surface area contributed by atoms with E-state index in [0.717, 1.165) is 22.3 Å². The Morgan fingerprint density at radius 3 is 2.57 bits per heavy atom. The van der Waals surface area contributed by atoms with Gasteiger partial charge in [-0.3, -0.25) is 16.0 Å². The van der Waals surface area contributed by atoms with Gasteiger partial charge in [0.05, 0.1) is 22.5 Å². The molecule has 0 saturated carbocycles. The number of hydrogen-bond donors (Lipinski definition) is 2. The molecule has 0 bridgehead atoms. The van der Waals surface area contributed by atoms with Crippen LogP contribution in [-0.4, -0.2) is 35.2 Å². The van der Waals surface area contributed by atoms with Crippen molar-refractivity contribution in [2.24, 2.45) is 5.84 Å². The van der Waals surface area contributed by atoms with Crippen LogP contribution in [0.5, 0.6) is 0 Å². The van der Waals surface area contributed by atoms with Crippen molar-refractivity contribution in [3.05, 3.63) is 15.9 Å². The van der Waals surface area contributed by atoms with E-state index in [1.807, 2.05) is 18.5 Å². The molecule has 0 aliphatic heterocycles. The molecule has 0 aromatic carbocycles. The molecule has 1 rings (SSSR count). The maximum Gasteiger partial charge on any atom is 0.411 e. The highest BCUT2D eigenvalue weighted by Gasteiger charge is 2.28. The van der Waals surface area contributed by atoms with Gasteiger partial charge < -0.3 is 4.74 Å². The Kier molecular flexibility index (Phi) is 7.11. The monoisotopic (exact) mass is 372 g/mol. The van der Waals surface area contributed by atoms with E-state index in [1.165, 1.54) is 0 Å². The van der Waals surface area contributed by atoms with E-state index in [0.29, 0.717) is 13.0 Å². The molecule has 9 heteroatoms. The first-order valence-corrected chi connectivity index (χ1v) is 7.46. The zero-order valence-electron chi connectivity index (χ0n) is 12.0. The third-order valence-electron chi connectivity index (χ3n) is 2.95. The maximum atomic E-state index is 12.1. The number of nitrogens with zero attached hydrogens (tertiary/aromatic N) is 2. The number of aryl methyl sites for hydroxylation is 2. The van der Waals surface area contributed by atoms with E-state index in [9.17, 15) is 13.2 Å². The number of nitrogens with one attached hydrogen (secondary N) is 1. The van der Waals surface area contributed by atoms with E-state index in [4.69, 9.17) is 5.84 Å². The molecule has 1 atom stereocenters. The number of rotatable bonds is 8. The average Bonchev–Trinajstić information content (AvgIpc) is 2.72. The summed E-state index contributed by atoms with van der Waals surface area (Å²) in [7, 11) is 0. The fraction of sp³-hybridized carbons (Fsp3) is 0.750. The summed E-state index contributed by atoms with van der Waals surface area (Å²) in [6.07, 6.45) is -3.14. The summed E-state index contributed by atoms with van der Waals surface area (Å²) in [5, 5.41) is 4.43. The SMILES string of the molecule is CCc1nn(CC)c(CC(COCC(F)(F)F)NN)c1Br. The minimum Gasteiger partial charge on any atom is -0.370 e. The first kappa shape index (κ1) is 18.4. The number of alkyl halides is 3. The molecule has 1 aromatic heterocycles. The lowest BCUT2D eigenvalue weighted by Gasteiger charge is -2.17. The summed E-state index contributed by atoms with van der Waals surface area (Å²) in [6, 6.07) is -0.421. The molecular weight excluding hydrogens is 353 g/mol. The summed E-state index contributed by atoms with van der Waals surface area (Å²) in [5.74, 6) is 5.40. The molecule has 3 N–H and O–H groups in total. The lowest BCUT2D eigenvalue weighted by Crippen LogP contribution is -2.41. The second-order valence-corrected chi connectivity index (χ2v) is 5.37. The summed E-state index contributed by atoms with van der Waals surface area (Å²) in [5.41, 5.74) is 4.30. The topological polar surface area (TPSA) is 65.1 Å². The summed E-state index contributed by atoms with van der Waals surface area (Å²) >= 11 is 3.49. The highest BCUT2D eigenvalue weighted by atomic mass is 79.9. The molecule has 0 saturated heterocycles. The zero-order chi connectivity index (χ0) is 16.0. The molecule has 0 aliphatic rings. The lowest BCUT2D eigenvalue weighted by atomic mass is 10.1. The smallest absolute Gasteiger partial charge is 0.370 e. The van der Waals surface area contributed by atoms with E-state index >= 15 is 0 Å². The molecule has 1 unspecified atom stereocenters. The number of ether oxygens (including phenoxy) is 1. The van der Waals surface area contributed by atoms with Gasteiger partial charge in [0.1, 0.15) is 6.61 Å². The molecule has 0 radical (unpaired) electrons. The summed E-state index contributed by atoms with van der Waals surface area (Å²) < 4.78 is 43.6. The van der Waals surface area contributed by atoms with Crippen molar-refractivity contribution >= 4 is 15.9 Å². The van der Waals surface area contributed by atoms with Gasteiger partial charge in [0.15, 0.2) is 0 Å². The Balaban J connectivity index is 2.70. The molecule has 5 nitrogen and oxygen atoms in total. The van der Waals surface area contributed by atoms with Crippen molar-refractivity contribution in [2.45, 2.75) is 45.5 Å². The molecule has 0 spiro atoms. The Labute approximate surface area is 130 Å². The van der Waals surface area contributed by atoms with E-state index in [2.05, 4.69) is 31.2 Å². The van der Waals surface area contributed by atoms with Gasteiger partial charge in [-0.05, 0) is 29.3 Å². The average molecular weight is 373 g/mol. The largest absolute Gasteiger partial charge is 0.411 e. The Hall–Kier alpha value is -0.640. The van der Waals surface area contributed by atoms with Gasteiger partial charge in [0, 0.05) is 19.0 Å². The molecule has 21 heavy (non-hydrogen) atoms. The van der Waals surface area contributed by atoms with Crippen LogP contribution in [0.15, 0.2) is 4.47 Å². The summed E-state index contributed by atoms with van der Waals surface area (Å²) in [4.78, 5) is 0. The van der Waals surface area contributed by atoms with Gasteiger partial charge in [0.2, 0.25) is 0 Å². The quantitative estimate of drug-likeness (QED) is 0.542. The van der Waals surface area contributed by atoms with Crippen LogP contribution >= 0.6 is 15.9 Å². The number of hydrogen-bond acceptors (Lipinski definition) is 4. The molecular formula is C12H20BrF3N4O. The van der Waals surface area contributed by atoms with Gasteiger partial charge in [-0.2, -0.15) is 18.3 Å². The van der Waals surface area contributed by atoms with Gasteiger partial charge in [-0.15, -0.1) is 0 Å². The van der Waals surface area contributed by atoms with Crippen LogP contribution < -0.4 is 11.3 Å². The van der Waals surface area contributed by atoms with Crippen LogP contribution in [0.1, 0.15) is 25.2 Å². The number of aromatic nitrogens is 2. The predicted octanol–water partition coefficient (Wildman–Crippen LogP) is 2.18. The van der Waals surface area contributed by atoms with E-state index < -0.39 is 18.8 Å². The van der Waals surface area contributed by atoms with Crippen LogP contribution in [0.2, 0.25) is 0 Å². The fourth-order valence-electron chi connectivity index (χ4n) is 1.93. The van der Waals surface area contributed by atoms with Gasteiger partial charge in [-0.25, -0.2) is 0 Å². The van der Waals surface area contributed by atoms with Crippen LogP contribution in [-0.2, 0) is 24.1 Å². The van der Waals surface area contributed by atoms with Crippen molar-refractivity contribution < 1.29 is 17.9 Å². The molecule has 0 aliphatic carbocycles. The summed E-state index contributed by atoms with van der Waals surface area (Å²) in [6.45, 7) is 3.21. The highest BCUT2D eigenvalue weighted by molar-refractivity contribution is 9.10. The minimum atomic E-state index is -4.33. The van der Waals surface area contributed by atoms with Crippen LogP contribution in [0.25, 0.3) is 0 Å². The first-order chi connectivity index (χ1) is 9.82. The van der Waals surface area contributed by atoms with E-state index in [-0.39, 0.29) is 6.61 Å². The Bertz CT molecular complexity index is 450. The maximum absolute atomic E-state index is 12.1. The molecule has 0 fully saturated rings. The number of halogens is 4. The lowest BCUT2D eigenvalue weighted by molar-refractivity contribution is -0.175. The Morgan fingerprint density at radius 2 is 2.10 bits per heavy atom. The fourth-order valence-corrected chi connectivity index (χ4v) is 2.65. The van der Waals surface area contributed by atoms with Crippen molar-refractivity contribution in [1.82, 2.24) is 15.2 Å². The predicted molar refractivity (Wildman–Crippen MR) is 76.7 cm³/mol. The van der Waals surface area contributed by atoms with Crippen molar-refractivity contribution in [3.8, 4) is 0 Å². The van der Waals surface area contributed by atoms with Gasteiger partial charge in [-0.1, -0.05) is 6.92 Å². The van der Waals surface area contributed by atoms with Crippen LogP contribution in [0.3, 0.4) is 0 Å². The van der Waals surface area contributed by atoms with Crippen molar-refractivity contribution in [1.29, 1.82) is 0 Å². The number of nitrogens with two attached hydrogens (primary N) is 1. The second-order valence-electron chi connectivity index (χ2n) is 4.57. The standard InChI is InChI=1S/C12H20BrF3N4O/c1-3-9-11(13)10(20(4-2)19-9)5-8(18-17)6-21-7-12(14,15)16/h8,18H,3-7,17H2,1-2H3. The zero-order valence-corrected chi connectivity index (χ0v) is 13.6. The van der Waals surface area contributed by atoms with Crippen LogP contribution in [0, 0.1) is 0 Å². The van der Waals surface area contributed by atoms with Crippen LogP contribution in [0.4, 0.5) is 13.2 Å². The van der Waals surface area contributed by atoms with Gasteiger partial charge in [0.25, 0.3) is 0 Å². The third kappa shape index (κ3) is 5.57. The van der Waals surface area contributed by atoms with Crippen molar-refractivity contribution in [2.75, 3.05) is 13.2 Å². The minimum absolute atomic E-state index is 0.126. The Morgan fingerprint density at radius 1 is 1.43 bits per heavy atom. The molecule has 122 valence electrons. The van der Waals surface area contributed by atoms with Crippen molar-refractivity contribution in [3.63, 3.8) is 0 Å². The molecule has 1 aromatic rings. The van der Waals surface area contributed by atoms with E-state index in [1.54, 1.807) is 0 Å². The highest BCUT2D eigenvalue weighted by Crippen LogP contribution is 2.23. The first-order valence-electron chi connectivity index (χ1n) is 6.67. The van der Waals surface area contributed by atoms with Gasteiger partial charge >= 0.3 is 6.18 Å². The molecule has 1 heterocycles. The second kappa shape index (κ2) is 8.11. The normalized spacial score (nSPS) is 13.7. The number of hydrazine groups is 1. The molecule has 0 amide bonds.